The van der Waals surface area contributed by atoms with Gasteiger partial charge in [0.25, 0.3) is 5.69 Å². The maximum atomic E-state index is 13.1. The average Bonchev–Trinajstić information content (AvgIpc) is 2.83. The van der Waals surface area contributed by atoms with Gasteiger partial charge in [0, 0.05) is 23.5 Å². The van der Waals surface area contributed by atoms with E-state index < -0.39 is 4.92 Å². The molecule has 0 saturated heterocycles. The van der Waals surface area contributed by atoms with Crippen LogP contribution in [0.1, 0.15) is 16.7 Å². The van der Waals surface area contributed by atoms with Crippen molar-refractivity contribution in [2.24, 2.45) is 5.10 Å². The predicted octanol–water partition coefficient (Wildman–Crippen LogP) is 5.47. The molecule has 0 atom stereocenters. The summed E-state index contributed by atoms with van der Waals surface area (Å²) in [5.74, 6) is 0.262. The number of rotatable bonds is 8. The van der Waals surface area contributed by atoms with E-state index in [0.29, 0.717) is 11.3 Å². The number of hydrogen-bond donors (Lipinski definition) is 3. The lowest BCUT2D eigenvalue weighted by Gasteiger charge is -2.11. The summed E-state index contributed by atoms with van der Waals surface area (Å²) in [4.78, 5) is 23.5. The summed E-state index contributed by atoms with van der Waals surface area (Å²) >= 11 is 0. The van der Waals surface area contributed by atoms with Crippen LogP contribution in [0.15, 0.2) is 71.8 Å². The molecule has 0 aliphatic carbocycles. The highest BCUT2D eigenvalue weighted by Gasteiger charge is 2.10. The van der Waals surface area contributed by atoms with Gasteiger partial charge in [-0.05, 0) is 66.9 Å². The minimum atomic E-state index is -0.473. The van der Waals surface area contributed by atoms with E-state index in [1.165, 1.54) is 30.5 Å². The lowest BCUT2D eigenvalue weighted by atomic mass is 10.1. The molecule has 0 fully saturated rings. The lowest BCUT2D eigenvalue weighted by molar-refractivity contribution is -0.384. The molecule has 0 amide bonds. The first kappa shape index (κ1) is 23.2. The Hall–Kier alpha value is -4.93. The van der Waals surface area contributed by atoms with Crippen LogP contribution >= 0.6 is 0 Å². The second kappa shape index (κ2) is 10.3. The summed E-state index contributed by atoms with van der Waals surface area (Å²) in [5.41, 5.74) is 7.02. The van der Waals surface area contributed by atoms with Crippen molar-refractivity contribution >= 4 is 41.1 Å². The number of nitro groups is 1. The number of benzene rings is 3. The molecule has 0 unspecified atom stereocenters. The van der Waals surface area contributed by atoms with Crippen molar-refractivity contribution < 1.29 is 9.31 Å². The normalized spacial score (nSPS) is 10.8. The van der Waals surface area contributed by atoms with Crippen LogP contribution in [0.5, 0.6) is 0 Å². The van der Waals surface area contributed by atoms with Crippen molar-refractivity contribution in [1.29, 1.82) is 0 Å². The quantitative estimate of drug-likeness (QED) is 0.175. The Morgan fingerprint density at radius 2 is 1.43 bits per heavy atom. The minimum Gasteiger partial charge on any atom is -0.324 e. The Labute approximate surface area is 200 Å². The summed E-state index contributed by atoms with van der Waals surface area (Å²) in [6.07, 6.45) is 1.50. The second-order valence-electron chi connectivity index (χ2n) is 7.58. The molecule has 0 spiro atoms. The van der Waals surface area contributed by atoms with Crippen molar-refractivity contribution in [3.05, 3.63) is 99.4 Å². The highest BCUT2D eigenvalue weighted by Crippen LogP contribution is 2.22. The molecule has 1 heterocycles. The predicted molar refractivity (Wildman–Crippen MR) is 133 cm³/mol. The number of nitrogens with one attached hydrogen (secondary N) is 3. The van der Waals surface area contributed by atoms with E-state index in [9.17, 15) is 14.5 Å². The van der Waals surface area contributed by atoms with Crippen molar-refractivity contribution in [1.82, 2.24) is 15.0 Å². The second-order valence-corrected chi connectivity index (χ2v) is 7.58. The largest absolute Gasteiger partial charge is 0.324 e. The first-order valence-electron chi connectivity index (χ1n) is 10.5. The molecule has 0 aliphatic heterocycles. The lowest BCUT2D eigenvalue weighted by Crippen LogP contribution is -2.07. The van der Waals surface area contributed by atoms with Gasteiger partial charge in [0.1, 0.15) is 5.82 Å². The van der Waals surface area contributed by atoms with Crippen molar-refractivity contribution in [3.63, 3.8) is 0 Å². The fraction of sp³-hybridized carbons (Fsp3) is 0.0833. The molecular weight excluding hydrogens is 451 g/mol. The van der Waals surface area contributed by atoms with Crippen LogP contribution in [-0.4, -0.2) is 26.1 Å². The van der Waals surface area contributed by atoms with Crippen molar-refractivity contribution in [2.45, 2.75) is 13.8 Å². The first-order chi connectivity index (χ1) is 16.9. The van der Waals surface area contributed by atoms with Crippen LogP contribution in [0.3, 0.4) is 0 Å². The number of non-ortho nitro benzene ring substituents is 1. The van der Waals surface area contributed by atoms with E-state index >= 15 is 0 Å². The molecule has 1 aromatic heterocycles. The molecule has 35 heavy (non-hydrogen) atoms. The summed E-state index contributed by atoms with van der Waals surface area (Å²) in [5, 5.41) is 21.2. The fourth-order valence-electron chi connectivity index (χ4n) is 2.99. The zero-order valence-corrected chi connectivity index (χ0v) is 18.9. The molecule has 0 aliphatic rings. The highest BCUT2D eigenvalue weighted by atomic mass is 19.1. The third-order valence-corrected chi connectivity index (χ3v) is 4.98. The van der Waals surface area contributed by atoms with Gasteiger partial charge >= 0.3 is 0 Å². The van der Waals surface area contributed by atoms with E-state index in [1.54, 1.807) is 24.3 Å². The number of nitrogens with zero attached hydrogens (tertiary/aromatic N) is 5. The van der Waals surface area contributed by atoms with Gasteiger partial charge in [-0.25, -0.2) is 9.82 Å². The Bertz CT molecular complexity index is 1380. The molecule has 0 bridgehead atoms. The number of aryl methyl sites for hydroxylation is 2. The van der Waals surface area contributed by atoms with Crippen LogP contribution in [-0.2, 0) is 0 Å². The van der Waals surface area contributed by atoms with E-state index in [2.05, 4.69) is 36.1 Å². The number of anilines is 5. The van der Waals surface area contributed by atoms with Gasteiger partial charge in [-0.1, -0.05) is 18.2 Å². The van der Waals surface area contributed by atoms with Gasteiger partial charge < -0.3 is 10.6 Å². The molecule has 3 N–H and O–H groups in total. The van der Waals surface area contributed by atoms with Crippen LogP contribution in [0.25, 0.3) is 0 Å². The molecule has 0 radical (unpaired) electrons. The highest BCUT2D eigenvalue weighted by molar-refractivity contribution is 5.79. The number of hydrazone groups is 1. The summed E-state index contributed by atoms with van der Waals surface area (Å²) < 4.78 is 13.1. The Balaban J connectivity index is 1.59. The van der Waals surface area contributed by atoms with Gasteiger partial charge in [-0.15, -0.1) is 0 Å². The van der Waals surface area contributed by atoms with Gasteiger partial charge in [0.15, 0.2) is 0 Å². The number of aromatic nitrogens is 3. The third-order valence-electron chi connectivity index (χ3n) is 4.98. The topological polar surface area (TPSA) is 130 Å². The van der Waals surface area contributed by atoms with E-state index in [-0.39, 0.29) is 29.3 Å². The van der Waals surface area contributed by atoms with Gasteiger partial charge in [-0.2, -0.15) is 20.1 Å². The molecule has 10 nitrogen and oxygen atoms in total. The Kier molecular flexibility index (Phi) is 6.86. The molecule has 4 aromatic rings. The zero-order valence-electron chi connectivity index (χ0n) is 18.9. The average molecular weight is 472 g/mol. The van der Waals surface area contributed by atoms with Crippen LogP contribution in [0, 0.1) is 29.8 Å². The van der Waals surface area contributed by atoms with Gasteiger partial charge in [0.05, 0.1) is 11.1 Å². The molecule has 0 saturated carbocycles. The molecule has 4 rings (SSSR count). The molecular formula is C24H21FN8O2. The van der Waals surface area contributed by atoms with Crippen LogP contribution < -0.4 is 16.1 Å². The van der Waals surface area contributed by atoms with E-state index in [1.807, 2.05) is 32.0 Å². The maximum absolute atomic E-state index is 13.1. The third kappa shape index (κ3) is 6.32. The van der Waals surface area contributed by atoms with Gasteiger partial charge in [0.2, 0.25) is 17.8 Å². The van der Waals surface area contributed by atoms with Crippen LogP contribution in [0.2, 0.25) is 0 Å². The number of nitro benzene ring substituents is 1. The molecule has 3 aromatic carbocycles. The van der Waals surface area contributed by atoms with Crippen molar-refractivity contribution in [3.8, 4) is 0 Å². The fourth-order valence-corrected chi connectivity index (χ4v) is 2.99. The SMILES string of the molecule is Cc1ccc(Nc2nc(NN=Cc3ccc(F)cc3)nc(Nc3ccc([N+](=O)[O-])cc3)n2)cc1C. The van der Waals surface area contributed by atoms with Crippen LogP contribution in [0.4, 0.5) is 39.3 Å². The van der Waals surface area contributed by atoms with E-state index in [0.717, 1.165) is 16.8 Å². The minimum absolute atomic E-state index is 0.0271. The van der Waals surface area contributed by atoms with Gasteiger partial charge in [-0.3, -0.25) is 10.1 Å². The number of halogens is 1. The summed E-state index contributed by atoms with van der Waals surface area (Å²) in [7, 11) is 0. The van der Waals surface area contributed by atoms with Crippen molar-refractivity contribution in [2.75, 3.05) is 16.1 Å². The molecule has 11 heteroatoms. The maximum Gasteiger partial charge on any atom is 0.269 e. The van der Waals surface area contributed by atoms with E-state index in [4.69, 9.17) is 0 Å². The monoisotopic (exact) mass is 472 g/mol. The molecule has 176 valence electrons. The zero-order chi connectivity index (χ0) is 24.8. The summed E-state index contributed by atoms with van der Waals surface area (Å²) in [6.45, 7) is 4.03. The summed E-state index contributed by atoms with van der Waals surface area (Å²) in [6, 6.07) is 17.6. The standard InChI is InChI=1S/C24H21FN8O2/c1-15-3-8-20(13-16(15)2)28-23-29-22(27-19-9-11-21(12-10-19)33(34)35)30-24(31-23)32-26-14-17-4-6-18(25)7-5-17/h3-14H,1-2H3,(H3,27,28,29,30,31,32). The number of hydrogen-bond acceptors (Lipinski definition) is 9. The Morgan fingerprint density at radius 1 is 0.829 bits per heavy atom. The Morgan fingerprint density at radius 3 is 2.06 bits per heavy atom. The smallest absolute Gasteiger partial charge is 0.269 e. The first-order valence-corrected chi connectivity index (χ1v) is 10.5.